The molecule has 2 aliphatic heterocycles. The molecular formula is C29H36F3NO3. The number of hydrogen-bond acceptors (Lipinski definition) is 3. The summed E-state index contributed by atoms with van der Waals surface area (Å²) in [4.78, 5) is 14.0. The number of piperidine rings is 2. The first-order valence-electron chi connectivity index (χ1n) is 13.5. The summed E-state index contributed by atoms with van der Waals surface area (Å²) in [6, 6.07) is 9.11. The van der Waals surface area contributed by atoms with E-state index < -0.39 is 17.7 Å². The third-order valence-corrected chi connectivity index (χ3v) is 8.72. The first-order chi connectivity index (χ1) is 17.2. The Hall–Kier alpha value is -2.28. The van der Waals surface area contributed by atoms with E-state index in [-0.39, 0.29) is 35.2 Å². The molecule has 2 saturated heterocycles. The summed E-state index contributed by atoms with van der Waals surface area (Å²) in [6.07, 6.45) is 3.95. The minimum absolute atomic E-state index is 0.0584. The van der Waals surface area contributed by atoms with Crippen LogP contribution in [0.3, 0.4) is 0 Å². The van der Waals surface area contributed by atoms with Gasteiger partial charge in [0.05, 0.1) is 12.0 Å². The number of alkyl halides is 3. The van der Waals surface area contributed by atoms with Crippen LogP contribution in [-0.4, -0.2) is 40.7 Å². The van der Waals surface area contributed by atoms with Gasteiger partial charge in [0.15, 0.2) is 0 Å². The van der Waals surface area contributed by atoms with Gasteiger partial charge >= 0.3 is 12.1 Å². The highest BCUT2D eigenvalue weighted by atomic mass is 19.4. The molecule has 1 saturated carbocycles. The van der Waals surface area contributed by atoms with Crippen molar-refractivity contribution in [2.45, 2.75) is 95.5 Å². The van der Waals surface area contributed by atoms with Crippen molar-refractivity contribution in [1.29, 1.82) is 0 Å². The Balaban J connectivity index is 1.37. The first-order valence-corrected chi connectivity index (χ1v) is 13.5. The second kappa shape index (κ2) is 10.2. The van der Waals surface area contributed by atoms with Crippen LogP contribution >= 0.6 is 0 Å². The standard InChI is InChI=1S/C29H36F3NO3/c1-18-5-10-24(11-6-18)36-26-12-9-20-8-7-19(15-25(20)27(26)29(30,31)32)13-14-33-22-3-2-4-23(33)17-21(16-22)28(34)35/h7-9,12,15,18,21-24H,2-6,10-11,13-14,16-17H2,1H3,(H,34,35)/t18-,21?,22-,23?,24+/m0/s1. The summed E-state index contributed by atoms with van der Waals surface area (Å²) in [7, 11) is 0. The number of carboxylic acids is 1. The van der Waals surface area contributed by atoms with Crippen molar-refractivity contribution >= 4 is 16.7 Å². The van der Waals surface area contributed by atoms with Crippen molar-refractivity contribution < 1.29 is 27.8 Å². The Labute approximate surface area is 210 Å². The van der Waals surface area contributed by atoms with E-state index in [1.807, 2.05) is 6.07 Å². The lowest BCUT2D eigenvalue weighted by Gasteiger charge is -2.48. The van der Waals surface area contributed by atoms with Gasteiger partial charge in [-0.15, -0.1) is 0 Å². The van der Waals surface area contributed by atoms with Crippen molar-refractivity contribution in [2.24, 2.45) is 11.8 Å². The van der Waals surface area contributed by atoms with Crippen molar-refractivity contribution in [3.63, 3.8) is 0 Å². The lowest BCUT2D eigenvalue weighted by molar-refractivity contribution is -0.146. The normalized spacial score (nSPS) is 29.3. The maximum Gasteiger partial charge on any atom is 0.420 e. The van der Waals surface area contributed by atoms with Crippen LogP contribution in [0.1, 0.15) is 75.8 Å². The second-order valence-electron chi connectivity index (χ2n) is 11.2. The molecule has 2 unspecified atom stereocenters. The highest BCUT2D eigenvalue weighted by Crippen LogP contribution is 2.43. The van der Waals surface area contributed by atoms with Gasteiger partial charge in [-0.2, -0.15) is 13.2 Å². The Morgan fingerprint density at radius 2 is 1.69 bits per heavy atom. The van der Waals surface area contributed by atoms with Gasteiger partial charge in [-0.25, -0.2) is 0 Å². The van der Waals surface area contributed by atoms with E-state index >= 15 is 0 Å². The average molecular weight is 504 g/mol. The first kappa shape index (κ1) is 25.4. The largest absolute Gasteiger partial charge is 0.490 e. The average Bonchev–Trinajstić information content (AvgIpc) is 2.82. The molecule has 2 heterocycles. The molecule has 3 fully saturated rings. The van der Waals surface area contributed by atoms with Crippen molar-refractivity contribution in [1.82, 2.24) is 4.90 Å². The fraction of sp³-hybridized carbons (Fsp3) is 0.621. The number of benzene rings is 2. The SMILES string of the molecule is C[C@H]1CC[C@@H](Oc2ccc3ccc(CCN4C5CCC[C@H]4CC(C(=O)O)C5)cc3c2C(F)(F)F)CC1. The van der Waals surface area contributed by atoms with Crippen LogP contribution in [-0.2, 0) is 17.4 Å². The monoisotopic (exact) mass is 503 g/mol. The van der Waals surface area contributed by atoms with Gasteiger partial charge in [-0.1, -0.05) is 37.6 Å². The van der Waals surface area contributed by atoms with Gasteiger partial charge in [-0.3, -0.25) is 9.69 Å². The Bertz CT molecular complexity index is 1080. The van der Waals surface area contributed by atoms with Crippen LogP contribution in [0, 0.1) is 11.8 Å². The summed E-state index contributed by atoms with van der Waals surface area (Å²) >= 11 is 0. The number of aliphatic carboxylic acids is 1. The zero-order valence-corrected chi connectivity index (χ0v) is 20.9. The summed E-state index contributed by atoms with van der Waals surface area (Å²) < 4.78 is 48.9. The number of hydrogen-bond donors (Lipinski definition) is 1. The van der Waals surface area contributed by atoms with Crippen LogP contribution in [0.5, 0.6) is 5.75 Å². The number of carbonyl (C=O) groups is 1. The van der Waals surface area contributed by atoms with Crippen LogP contribution in [0.4, 0.5) is 13.2 Å². The molecule has 1 aliphatic carbocycles. The molecular weight excluding hydrogens is 467 g/mol. The van der Waals surface area contributed by atoms with Crippen LogP contribution < -0.4 is 4.74 Å². The summed E-state index contributed by atoms with van der Waals surface area (Å²) in [6.45, 7) is 2.92. The zero-order valence-electron chi connectivity index (χ0n) is 20.9. The molecule has 7 heteroatoms. The molecule has 2 aromatic carbocycles. The van der Waals surface area contributed by atoms with Gasteiger partial charge in [0, 0.05) is 18.6 Å². The summed E-state index contributed by atoms with van der Waals surface area (Å²) in [5.74, 6) is -0.448. The number of carboxylic acid groups (broad SMARTS) is 1. The fourth-order valence-electron chi connectivity index (χ4n) is 6.72. The maximum absolute atomic E-state index is 14.3. The highest BCUT2D eigenvalue weighted by Gasteiger charge is 2.40. The number of nitrogens with zero attached hydrogens (tertiary/aromatic N) is 1. The number of halogens is 3. The third-order valence-electron chi connectivity index (χ3n) is 8.72. The van der Waals surface area contributed by atoms with E-state index in [1.165, 1.54) is 6.07 Å². The second-order valence-corrected chi connectivity index (χ2v) is 11.2. The zero-order chi connectivity index (χ0) is 25.4. The van der Waals surface area contributed by atoms with Gasteiger partial charge in [0.2, 0.25) is 0 Å². The number of fused-ring (bicyclic) bond motifs is 3. The van der Waals surface area contributed by atoms with E-state index in [2.05, 4.69) is 11.8 Å². The lowest BCUT2D eigenvalue weighted by atomic mass is 9.78. The molecule has 0 spiro atoms. The summed E-state index contributed by atoms with van der Waals surface area (Å²) in [5, 5.41) is 10.3. The molecule has 0 amide bonds. The Morgan fingerprint density at radius 3 is 2.33 bits per heavy atom. The van der Waals surface area contributed by atoms with Crippen LogP contribution in [0.15, 0.2) is 30.3 Å². The fourth-order valence-corrected chi connectivity index (χ4v) is 6.72. The molecule has 4 nitrogen and oxygen atoms in total. The van der Waals surface area contributed by atoms with E-state index in [9.17, 15) is 23.1 Å². The van der Waals surface area contributed by atoms with Crippen LogP contribution in [0.2, 0.25) is 0 Å². The van der Waals surface area contributed by atoms with Gasteiger partial charge in [-0.05, 0) is 86.1 Å². The molecule has 2 bridgehead atoms. The van der Waals surface area contributed by atoms with Gasteiger partial charge < -0.3 is 9.84 Å². The minimum Gasteiger partial charge on any atom is -0.490 e. The molecule has 3 aliphatic rings. The smallest absolute Gasteiger partial charge is 0.420 e. The lowest BCUT2D eigenvalue weighted by Crippen LogP contribution is -2.53. The molecule has 1 N–H and O–H groups in total. The Morgan fingerprint density at radius 1 is 1.03 bits per heavy atom. The van der Waals surface area contributed by atoms with E-state index in [0.717, 1.165) is 57.1 Å². The third kappa shape index (κ3) is 5.36. The molecule has 5 rings (SSSR count). The van der Waals surface area contributed by atoms with E-state index in [0.29, 0.717) is 30.6 Å². The molecule has 36 heavy (non-hydrogen) atoms. The van der Waals surface area contributed by atoms with Crippen molar-refractivity contribution in [2.75, 3.05) is 6.54 Å². The van der Waals surface area contributed by atoms with Crippen molar-refractivity contribution in [3.8, 4) is 5.75 Å². The molecule has 3 atom stereocenters. The van der Waals surface area contributed by atoms with Gasteiger partial charge in [0.1, 0.15) is 11.3 Å². The topological polar surface area (TPSA) is 49.8 Å². The number of ether oxygens (including phenoxy) is 1. The van der Waals surface area contributed by atoms with Gasteiger partial charge in [0.25, 0.3) is 0 Å². The predicted molar refractivity (Wildman–Crippen MR) is 133 cm³/mol. The van der Waals surface area contributed by atoms with Crippen LogP contribution in [0.25, 0.3) is 10.8 Å². The molecule has 0 aromatic heterocycles. The predicted octanol–water partition coefficient (Wildman–Crippen LogP) is 7.08. The van der Waals surface area contributed by atoms with E-state index in [4.69, 9.17) is 4.74 Å². The maximum atomic E-state index is 14.3. The molecule has 2 aromatic rings. The Kier molecular flexibility index (Phi) is 7.21. The summed E-state index contributed by atoms with van der Waals surface area (Å²) in [5.41, 5.74) is 0.203. The van der Waals surface area contributed by atoms with Crippen molar-refractivity contribution in [3.05, 3.63) is 41.5 Å². The quantitative estimate of drug-likeness (QED) is 0.458. The number of rotatable bonds is 6. The van der Waals surface area contributed by atoms with E-state index in [1.54, 1.807) is 18.2 Å². The molecule has 0 radical (unpaired) electrons. The highest BCUT2D eigenvalue weighted by molar-refractivity contribution is 5.89. The molecule has 196 valence electrons. The minimum atomic E-state index is -4.51.